The fraction of sp³-hybridized carbons (Fsp3) is 0.400. The third-order valence-corrected chi connectivity index (χ3v) is 3.87. The molecule has 0 spiro atoms. The smallest absolute Gasteiger partial charge is 0.133 e. The lowest BCUT2D eigenvalue weighted by Crippen LogP contribution is -2.07. The molecule has 20 heavy (non-hydrogen) atoms. The predicted octanol–water partition coefficient (Wildman–Crippen LogP) is 3.80. The zero-order valence-electron chi connectivity index (χ0n) is 12.0. The number of rotatable bonds is 7. The first-order chi connectivity index (χ1) is 9.85. The lowest BCUT2D eigenvalue weighted by molar-refractivity contribution is 0.849. The van der Waals surface area contributed by atoms with Crippen LogP contribution in [-0.2, 0) is 6.42 Å². The summed E-state index contributed by atoms with van der Waals surface area (Å²) in [6.45, 7) is 5.27. The summed E-state index contributed by atoms with van der Waals surface area (Å²) in [6.07, 6.45) is 8.40. The Kier molecular flexibility index (Phi) is 5.80. The van der Waals surface area contributed by atoms with Crippen LogP contribution in [0.3, 0.4) is 0 Å². The van der Waals surface area contributed by atoms with E-state index >= 15 is 0 Å². The molecule has 0 bridgehead atoms. The molecule has 1 N–H and O–H groups in total. The summed E-state index contributed by atoms with van der Waals surface area (Å²) in [5, 5.41) is 4.43. The Labute approximate surface area is 124 Å². The number of nitrogens with zero attached hydrogens (tertiary/aromatic N) is 3. The van der Waals surface area contributed by atoms with Crippen LogP contribution in [0.25, 0.3) is 0 Å². The van der Waals surface area contributed by atoms with Crippen molar-refractivity contribution in [1.29, 1.82) is 0 Å². The number of pyridine rings is 1. The summed E-state index contributed by atoms with van der Waals surface area (Å²) in [4.78, 5) is 14.0. The first-order valence-electron chi connectivity index (χ1n) is 7.00. The highest BCUT2D eigenvalue weighted by atomic mass is 32.2. The maximum Gasteiger partial charge on any atom is 0.133 e. The second-order valence-electron chi connectivity index (χ2n) is 4.47. The molecule has 106 valence electrons. The van der Waals surface area contributed by atoms with E-state index in [1.807, 2.05) is 12.1 Å². The van der Waals surface area contributed by atoms with Gasteiger partial charge in [-0.15, -0.1) is 0 Å². The van der Waals surface area contributed by atoms with Crippen LogP contribution in [0.1, 0.15) is 32.3 Å². The molecule has 0 saturated heterocycles. The van der Waals surface area contributed by atoms with Gasteiger partial charge in [0.1, 0.15) is 17.2 Å². The van der Waals surface area contributed by atoms with Crippen LogP contribution in [0, 0.1) is 0 Å². The minimum atomic E-state index is 0.938. The lowest BCUT2D eigenvalue weighted by Gasteiger charge is -2.13. The van der Waals surface area contributed by atoms with Gasteiger partial charge in [-0.3, -0.25) is 4.98 Å². The molecule has 2 aromatic rings. The number of hydrogen-bond acceptors (Lipinski definition) is 5. The standard InChI is InChI=1S/C15H20N4S/c1-3-5-13-14(17-8-4-2)18-11-19-15(13)20-12-6-9-16-10-7-12/h6-7,9-11H,3-5,8H2,1-2H3,(H,17,18,19). The molecule has 0 aromatic carbocycles. The number of aromatic nitrogens is 3. The van der Waals surface area contributed by atoms with Crippen molar-refractivity contribution >= 4 is 17.6 Å². The Morgan fingerprint density at radius 1 is 1.10 bits per heavy atom. The molecule has 0 radical (unpaired) electrons. The number of anilines is 1. The van der Waals surface area contributed by atoms with Gasteiger partial charge in [0.15, 0.2) is 0 Å². The van der Waals surface area contributed by atoms with E-state index in [4.69, 9.17) is 0 Å². The minimum absolute atomic E-state index is 0.938. The molecular formula is C15H20N4S. The van der Waals surface area contributed by atoms with Gasteiger partial charge in [0.05, 0.1) is 0 Å². The molecule has 2 rings (SSSR count). The van der Waals surface area contributed by atoms with Crippen molar-refractivity contribution in [3.8, 4) is 0 Å². The highest BCUT2D eigenvalue weighted by Crippen LogP contribution is 2.31. The molecule has 0 aliphatic heterocycles. The van der Waals surface area contributed by atoms with Gasteiger partial charge < -0.3 is 5.32 Å². The van der Waals surface area contributed by atoms with Crippen LogP contribution in [0.4, 0.5) is 5.82 Å². The van der Waals surface area contributed by atoms with Crippen LogP contribution in [0.2, 0.25) is 0 Å². The summed E-state index contributed by atoms with van der Waals surface area (Å²) in [7, 11) is 0. The van der Waals surface area contributed by atoms with Crippen LogP contribution in [0.15, 0.2) is 40.8 Å². The summed E-state index contributed by atoms with van der Waals surface area (Å²) < 4.78 is 0. The van der Waals surface area contributed by atoms with E-state index in [2.05, 4.69) is 34.1 Å². The van der Waals surface area contributed by atoms with Gasteiger partial charge in [-0.2, -0.15) is 0 Å². The van der Waals surface area contributed by atoms with E-state index in [0.717, 1.165) is 41.5 Å². The van der Waals surface area contributed by atoms with Crippen molar-refractivity contribution in [1.82, 2.24) is 15.0 Å². The first kappa shape index (κ1) is 14.8. The molecule has 2 heterocycles. The van der Waals surface area contributed by atoms with E-state index in [1.54, 1.807) is 30.5 Å². The number of hydrogen-bond donors (Lipinski definition) is 1. The molecule has 0 saturated carbocycles. The van der Waals surface area contributed by atoms with Gasteiger partial charge in [0.25, 0.3) is 0 Å². The Balaban J connectivity index is 2.26. The van der Waals surface area contributed by atoms with E-state index in [1.165, 1.54) is 5.56 Å². The average molecular weight is 288 g/mol. The molecule has 0 unspecified atom stereocenters. The second-order valence-corrected chi connectivity index (χ2v) is 5.53. The fourth-order valence-electron chi connectivity index (χ4n) is 1.87. The average Bonchev–Trinajstić information content (AvgIpc) is 2.49. The van der Waals surface area contributed by atoms with E-state index in [9.17, 15) is 0 Å². The first-order valence-corrected chi connectivity index (χ1v) is 7.82. The van der Waals surface area contributed by atoms with Crippen molar-refractivity contribution in [2.24, 2.45) is 0 Å². The monoisotopic (exact) mass is 288 g/mol. The van der Waals surface area contributed by atoms with Crippen LogP contribution < -0.4 is 5.32 Å². The maximum atomic E-state index is 4.45. The van der Waals surface area contributed by atoms with Crippen LogP contribution >= 0.6 is 11.8 Å². The SMILES string of the molecule is CCCNc1ncnc(Sc2ccncc2)c1CCC. The Morgan fingerprint density at radius 3 is 2.60 bits per heavy atom. The second kappa shape index (κ2) is 7.85. The molecule has 5 heteroatoms. The molecule has 4 nitrogen and oxygen atoms in total. The number of nitrogens with one attached hydrogen (secondary N) is 1. The third-order valence-electron chi connectivity index (χ3n) is 2.81. The molecule has 2 aromatic heterocycles. The maximum absolute atomic E-state index is 4.45. The van der Waals surface area contributed by atoms with Gasteiger partial charge in [-0.25, -0.2) is 9.97 Å². The summed E-state index contributed by atoms with van der Waals surface area (Å²) in [6, 6.07) is 4.00. The van der Waals surface area contributed by atoms with E-state index < -0.39 is 0 Å². The van der Waals surface area contributed by atoms with Gasteiger partial charge in [0, 0.05) is 29.4 Å². The van der Waals surface area contributed by atoms with Gasteiger partial charge >= 0.3 is 0 Å². The molecule has 0 atom stereocenters. The molecule has 0 aliphatic carbocycles. The van der Waals surface area contributed by atoms with E-state index in [0.29, 0.717) is 0 Å². The van der Waals surface area contributed by atoms with Gasteiger partial charge in [-0.05, 0) is 25.0 Å². The molecule has 0 fully saturated rings. The highest BCUT2D eigenvalue weighted by molar-refractivity contribution is 7.99. The molecule has 0 aliphatic rings. The van der Waals surface area contributed by atoms with Crippen molar-refractivity contribution in [2.45, 2.75) is 43.0 Å². The lowest BCUT2D eigenvalue weighted by atomic mass is 10.2. The third kappa shape index (κ3) is 3.93. The Morgan fingerprint density at radius 2 is 1.90 bits per heavy atom. The topological polar surface area (TPSA) is 50.7 Å². The van der Waals surface area contributed by atoms with E-state index in [-0.39, 0.29) is 0 Å². The fourth-order valence-corrected chi connectivity index (χ4v) is 2.78. The Bertz CT molecular complexity index is 531. The highest BCUT2D eigenvalue weighted by Gasteiger charge is 2.11. The zero-order valence-corrected chi connectivity index (χ0v) is 12.8. The summed E-state index contributed by atoms with van der Waals surface area (Å²) in [5.74, 6) is 0.972. The molecular weight excluding hydrogens is 268 g/mol. The molecule has 0 amide bonds. The van der Waals surface area contributed by atoms with Crippen molar-refractivity contribution in [2.75, 3.05) is 11.9 Å². The Hall–Kier alpha value is -1.62. The van der Waals surface area contributed by atoms with Crippen LogP contribution in [0.5, 0.6) is 0 Å². The van der Waals surface area contributed by atoms with Crippen molar-refractivity contribution in [3.63, 3.8) is 0 Å². The van der Waals surface area contributed by atoms with Crippen LogP contribution in [-0.4, -0.2) is 21.5 Å². The quantitative estimate of drug-likeness (QED) is 0.785. The predicted molar refractivity (Wildman–Crippen MR) is 83.2 cm³/mol. The largest absolute Gasteiger partial charge is 0.370 e. The van der Waals surface area contributed by atoms with Crippen molar-refractivity contribution < 1.29 is 0 Å². The normalized spacial score (nSPS) is 10.5. The van der Waals surface area contributed by atoms with Crippen molar-refractivity contribution in [3.05, 3.63) is 36.4 Å². The van der Waals surface area contributed by atoms with Gasteiger partial charge in [-0.1, -0.05) is 32.0 Å². The minimum Gasteiger partial charge on any atom is -0.370 e. The summed E-state index contributed by atoms with van der Waals surface area (Å²) >= 11 is 1.67. The summed E-state index contributed by atoms with van der Waals surface area (Å²) in [5.41, 5.74) is 1.21. The zero-order chi connectivity index (χ0) is 14.2. The van der Waals surface area contributed by atoms with Gasteiger partial charge in [0.2, 0.25) is 0 Å².